The average molecular weight is 314 g/mol. The summed E-state index contributed by atoms with van der Waals surface area (Å²) in [6, 6.07) is 1.42. The number of carbonyl (C=O) groups excluding carboxylic acids is 1. The van der Waals surface area contributed by atoms with Gasteiger partial charge in [0.25, 0.3) is 11.8 Å². The summed E-state index contributed by atoms with van der Waals surface area (Å²) in [5.41, 5.74) is 0.790. The van der Waals surface area contributed by atoms with E-state index in [-0.39, 0.29) is 37.6 Å². The summed E-state index contributed by atoms with van der Waals surface area (Å²) < 4.78 is 37.5. The van der Waals surface area contributed by atoms with Crippen LogP contribution in [-0.4, -0.2) is 67.1 Å². The van der Waals surface area contributed by atoms with Gasteiger partial charge in [-0.2, -0.15) is 0 Å². The normalized spacial score (nSPS) is 25.5. The second-order valence-corrected chi connectivity index (χ2v) is 6.14. The minimum atomic E-state index is -2.68. The van der Waals surface area contributed by atoms with Crippen LogP contribution >= 0.6 is 0 Å². The van der Waals surface area contributed by atoms with Gasteiger partial charge in [0.2, 0.25) is 0 Å². The molecule has 7 heteroatoms. The highest BCUT2D eigenvalue weighted by Crippen LogP contribution is 2.35. The molecule has 2 aliphatic heterocycles. The molecule has 1 aromatic heterocycles. The molecule has 0 N–H and O–H groups in total. The van der Waals surface area contributed by atoms with Gasteiger partial charge in [-0.25, -0.2) is 8.78 Å². The van der Waals surface area contributed by atoms with Crippen molar-refractivity contribution in [3.05, 3.63) is 23.7 Å². The maximum atomic E-state index is 13.6. The number of methoxy groups -OCH3 is 1. The van der Waals surface area contributed by atoms with Gasteiger partial charge in [-0.15, -0.1) is 0 Å². The number of amides is 1. The van der Waals surface area contributed by atoms with Gasteiger partial charge in [0.15, 0.2) is 5.76 Å². The quantitative estimate of drug-likeness (QED) is 0.850. The van der Waals surface area contributed by atoms with Crippen LogP contribution in [-0.2, 0) is 4.74 Å². The van der Waals surface area contributed by atoms with Crippen LogP contribution in [0.2, 0.25) is 0 Å². The van der Waals surface area contributed by atoms with Crippen molar-refractivity contribution in [2.45, 2.75) is 31.4 Å². The van der Waals surface area contributed by atoms with Crippen molar-refractivity contribution in [3.8, 4) is 0 Å². The van der Waals surface area contributed by atoms with E-state index < -0.39 is 5.92 Å². The molecule has 1 aromatic rings. The van der Waals surface area contributed by atoms with Gasteiger partial charge >= 0.3 is 0 Å². The van der Waals surface area contributed by atoms with Crippen LogP contribution in [0.1, 0.15) is 22.5 Å². The maximum Gasteiger partial charge on any atom is 0.289 e. The molecule has 0 bridgehead atoms. The van der Waals surface area contributed by atoms with Crippen LogP contribution in [0.3, 0.4) is 0 Å². The zero-order valence-electron chi connectivity index (χ0n) is 12.7. The molecule has 2 saturated heterocycles. The number of nitrogens with zero attached hydrogens (tertiary/aromatic N) is 2. The third kappa shape index (κ3) is 2.75. The topological polar surface area (TPSA) is 45.9 Å². The number of carbonyl (C=O) groups is 1. The molecule has 1 atom stereocenters. The zero-order chi connectivity index (χ0) is 15.9. The van der Waals surface area contributed by atoms with Gasteiger partial charge in [-0.1, -0.05) is 0 Å². The molecule has 0 radical (unpaired) electrons. The van der Waals surface area contributed by atoms with E-state index in [1.807, 2.05) is 6.92 Å². The van der Waals surface area contributed by atoms with Gasteiger partial charge in [-0.05, 0) is 13.0 Å². The molecule has 0 aromatic carbocycles. The Balaban J connectivity index is 1.61. The summed E-state index contributed by atoms with van der Waals surface area (Å²) in [6.07, 6.45) is 1.30. The lowest BCUT2D eigenvalue weighted by Crippen LogP contribution is -2.62. The smallest absolute Gasteiger partial charge is 0.289 e. The molecule has 5 nitrogen and oxygen atoms in total. The van der Waals surface area contributed by atoms with Gasteiger partial charge in [0, 0.05) is 44.3 Å². The number of halogens is 2. The monoisotopic (exact) mass is 314 g/mol. The predicted molar refractivity (Wildman–Crippen MR) is 75.1 cm³/mol. The Morgan fingerprint density at radius 3 is 2.82 bits per heavy atom. The first kappa shape index (κ1) is 15.4. The Bertz CT molecular complexity index is 555. The SMILES string of the molecule is COCC1CC(F)(F)CN1C1CN(C(=O)c2occc2C)C1. The molecule has 0 aliphatic carbocycles. The molecule has 3 rings (SSSR count). The Labute approximate surface area is 127 Å². The Morgan fingerprint density at radius 1 is 1.50 bits per heavy atom. The van der Waals surface area contributed by atoms with E-state index in [4.69, 9.17) is 9.15 Å². The molecule has 2 fully saturated rings. The van der Waals surface area contributed by atoms with E-state index in [0.717, 1.165) is 5.56 Å². The number of rotatable bonds is 4. The first-order chi connectivity index (χ1) is 10.4. The van der Waals surface area contributed by atoms with E-state index in [2.05, 4.69) is 0 Å². The van der Waals surface area contributed by atoms with E-state index >= 15 is 0 Å². The van der Waals surface area contributed by atoms with E-state index in [1.54, 1.807) is 15.9 Å². The standard InChI is InChI=1S/C15H20F2N2O3/c1-10-3-4-22-13(10)14(20)18-6-12(7-18)19-9-15(16,17)5-11(19)8-21-2/h3-4,11-12H,5-9H2,1-2H3. The van der Waals surface area contributed by atoms with Crippen molar-refractivity contribution in [2.24, 2.45) is 0 Å². The minimum absolute atomic E-state index is 0.0345. The molecule has 22 heavy (non-hydrogen) atoms. The third-order valence-corrected chi connectivity index (χ3v) is 4.45. The average Bonchev–Trinajstić information content (AvgIpc) is 2.92. The molecule has 3 heterocycles. The number of alkyl halides is 2. The van der Waals surface area contributed by atoms with Crippen molar-refractivity contribution in [1.82, 2.24) is 9.80 Å². The highest BCUT2D eigenvalue weighted by atomic mass is 19.3. The van der Waals surface area contributed by atoms with Crippen molar-refractivity contribution in [1.29, 1.82) is 0 Å². The fraction of sp³-hybridized carbons (Fsp3) is 0.667. The summed E-state index contributed by atoms with van der Waals surface area (Å²) in [7, 11) is 1.52. The molecule has 1 unspecified atom stereocenters. The van der Waals surface area contributed by atoms with Crippen LogP contribution in [0.5, 0.6) is 0 Å². The second-order valence-electron chi connectivity index (χ2n) is 6.14. The van der Waals surface area contributed by atoms with Crippen molar-refractivity contribution in [3.63, 3.8) is 0 Å². The van der Waals surface area contributed by atoms with Crippen molar-refractivity contribution in [2.75, 3.05) is 33.4 Å². The summed E-state index contributed by atoms with van der Waals surface area (Å²) in [5.74, 6) is -2.52. The van der Waals surface area contributed by atoms with Crippen molar-refractivity contribution < 1.29 is 22.7 Å². The highest BCUT2D eigenvalue weighted by Gasteiger charge is 2.50. The van der Waals surface area contributed by atoms with Crippen LogP contribution in [0, 0.1) is 6.92 Å². The number of furan rings is 1. The van der Waals surface area contributed by atoms with Crippen LogP contribution in [0.25, 0.3) is 0 Å². The summed E-state index contributed by atoms with van der Waals surface area (Å²) in [4.78, 5) is 15.7. The van der Waals surface area contributed by atoms with E-state index in [9.17, 15) is 13.6 Å². The molecular formula is C15H20F2N2O3. The molecule has 1 amide bonds. The predicted octanol–water partition coefficient (Wildman–Crippen LogP) is 1.77. The Kier molecular flexibility index (Phi) is 3.94. The van der Waals surface area contributed by atoms with E-state index in [1.165, 1.54) is 13.4 Å². The summed E-state index contributed by atoms with van der Waals surface area (Å²) >= 11 is 0. The zero-order valence-corrected chi connectivity index (χ0v) is 12.7. The molecule has 0 saturated carbocycles. The lowest BCUT2D eigenvalue weighted by molar-refractivity contribution is -0.0144. The molecule has 122 valence electrons. The third-order valence-electron chi connectivity index (χ3n) is 4.45. The maximum absolute atomic E-state index is 13.6. The highest BCUT2D eigenvalue weighted by molar-refractivity contribution is 5.93. The summed E-state index contributed by atoms with van der Waals surface area (Å²) in [5, 5.41) is 0. The first-order valence-electron chi connectivity index (χ1n) is 7.37. The van der Waals surface area contributed by atoms with E-state index in [0.29, 0.717) is 18.8 Å². The van der Waals surface area contributed by atoms with Crippen LogP contribution in [0.4, 0.5) is 8.78 Å². The van der Waals surface area contributed by atoms with Gasteiger partial charge in [-0.3, -0.25) is 9.69 Å². The lowest BCUT2D eigenvalue weighted by Gasteiger charge is -2.45. The van der Waals surface area contributed by atoms with Gasteiger partial charge in [0.1, 0.15) is 0 Å². The van der Waals surface area contributed by atoms with Gasteiger partial charge < -0.3 is 14.1 Å². The van der Waals surface area contributed by atoms with Gasteiger partial charge in [0.05, 0.1) is 19.4 Å². The Hall–Kier alpha value is -1.47. The number of aryl methyl sites for hydroxylation is 1. The minimum Gasteiger partial charge on any atom is -0.459 e. The summed E-state index contributed by atoms with van der Waals surface area (Å²) in [6.45, 7) is 2.75. The molecular weight excluding hydrogens is 294 g/mol. The Morgan fingerprint density at radius 2 is 2.23 bits per heavy atom. The van der Waals surface area contributed by atoms with Crippen LogP contribution in [0.15, 0.2) is 16.7 Å². The fourth-order valence-electron chi connectivity index (χ4n) is 3.26. The fourth-order valence-corrected chi connectivity index (χ4v) is 3.26. The second kappa shape index (κ2) is 5.62. The number of hydrogen-bond donors (Lipinski definition) is 0. The lowest BCUT2D eigenvalue weighted by atomic mass is 10.0. The van der Waals surface area contributed by atoms with Crippen molar-refractivity contribution >= 4 is 5.91 Å². The number of likely N-dealkylation sites (tertiary alicyclic amines) is 2. The molecule has 0 spiro atoms. The number of ether oxygens (including phenoxy) is 1. The first-order valence-corrected chi connectivity index (χ1v) is 7.37. The number of hydrogen-bond acceptors (Lipinski definition) is 4. The molecule has 2 aliphatic rings. The van der Waals surface area contributed by atoms with Crippen LogP contribution < -0.4 is 0 Å². The largest absolute Gasteiger partial charge is 0.459 e.